The average molecular weight is 495 g/mol. The van der Waals surface area contributed by atoms with Gasteiger partial charge in [0.2, 0.25) is 15.9 Å². The molecule has 2 aromatic carbocycles. The number of nitrogens with zero attached hydrogens (tertiary/aromatic N) is 1. The number of para-hydroxylation sites is 2. The number of amides is 1. The van der Waals surface area contributed by atoms with Gasteiger partial charge in [-0.3, -0.25) is 4.79 Å². The first kappa shape index (κ1) is 21.1. The molecule has 1 saturated heterocycles. The first-order valence-electron chi connectivity index (χ1n) is 9.89. The number of hydrogen-bond acceptors (Lipinski definition) is 5. The van der Waals surface area contributed by atoms with Crippen molar-refractivity contribution in [2.24, 2.45) is 0 Å². The zero-order valence-electron chi connectivity index (χ0n) is 16.3. The zero-order chi connectivity index (χ0) is 21.1. The van der Waals surface area contributed by atoms with Gasteiger partial charge in [-0.25, -0.2) is 8.42 Å². The summed E-state index contributed by atoms with van der Waals surface area (Å²) >= 11 is 3.32. The maximum Gasteiger partial charge on any atom is 0.243 e. The number of hydrogen-bond donors (Lipinski definition) is 1. The molecule has 1 amide bonds. The van der Waals surface area contributed by atoms with Crippen LogP contribution in [0.15, 0.2) is 57.9 Å². The van der Waals surface area contributed by atoms with Crippen LogP contribution in [0.5, 0.6) is 11.5 Å². The van der Waals surface area contributed by atoms with Crippen LogP contribution in [-0.2, 0) is 14.8 Å². The highest BCUT2D eigenvalue weighted by molar-refractivity contribution is 9.10. The largest absolute Gasteiger partial charge is 0.486 e. The van der Waals surface area contributed by atoms with Crippen LogP contribution in [0.25, 0.3) is 0 Å². The SMILES string of the molecule is O=C(NCC1COc2ccccc2O1)C1CCCCN1S(=O)(=O)c1ccc(Br)cc1. The normalized spacial score (nSPS) is 21.8. The lowest BCUT2D eigenvalue weighted by molar-refractivity contribution is -0.126. The van der Waals surface area contributed by atoms with Gasteiger partial charge in [0.1, 0.15) is 18.8 Å². The highest BCUT2D eigenvalue weighted by Gasteiger charge is 2.37. The molecule has 0 aliphatic carbocycles. The molecule has 30 heavy (non-hydrogen) atoms. The number of carbonyl (C=O) groups is 1. The van der Waals surface area contributed by atoms with Crippen molar-refractivity contribution in [2.45, 2.75) is 36.3 Å². The van der Waals surface area contributed by atoms with Crippen molar-refractivity contribution >= 4 is 31.9 Å². The number of nitrogens with one attached hydrogen (secondary N) is 1. The number of carbonyl (C=O) groups excluding carboxylic acids is 1. The second kappa shape index (κ2) is 8.95. The first-order chi connectivity index (χ1) is 14.4. The molecule has 160 valence electrons. The maximum atomic E-state index is 13.1. The molecular weight excluding hydrogens is 472 g/mol. The molecule has 0 saturated carbocycles. The highest BCUT2D eigenvalue weighted by Crippen LogP contribution is 2.31. The van der Waals surface area contributed by atoms with Crippen molar-refractivity contribution in [3.05, 3.63) is 53.0 Å². The Bertz CT molecular complexity index is 1010. The van der Waals surface area contributed by atoms with E-state index in [1.165, 1.54) is 4.31 Å². The molecule has 2 aliphatic heterocycles. The maximum absolute atomic E-state index is 13.1. The molecule has 2 aromatic rings. The van der Waals surface area contributed by atoms with Gasteiger partial charge >= 0.3 is 0 Å². The Kier molecular flexibility index (Phi) is 6.31. The van der Waals surface area contributed by atoms with Crippen molar-refractivity contribution in [1.29, 1.82) is 0 Å². The molecule has 2 heterocycles. The summed E-state index contributed by atoms with van der Waals surface area (Å²) in [5.41, 5.74) is 0. The topological polar surface area (TPSA) is 84.9 Å². The minimum absolute atomic E-state index is 0.186. The summed E-state index contributed by atoms with van der Waals surface area (Å²) in [5, 5.41) is 2.86. The van der Waals surface area contributed by atoms with E-state index in [4.69, 9.17) is 9.47 Å². The Labute approximate surface area is 184 Å². The van der Waals surface area contributed by atoms with E-state index in [2.05, 4.69) is 21.2 Å². The fraction of sp³-hybridized carbons (Fsp3) is 0.381. The molecule has 0 bridgehead atoms. The standard InChI is InChI=1S/C21H23BrN2O5S/c22-15-8-10-17(11-9-15)30(26,27)24-12-4-3-5-18(24)21(25)23-13-16-14-28-19-6-1-2-7-20(19)29-16/h1-2,6-11,16,18H,3-5,12-14H2,(H,23,25). The smallest absolute Gasteiger partial charge is 0.243 e. The van der Waals surface area contributed by atoms with E-state index in [1.54, 1.807) is 24.3 Å². The van der Waals surface area contributed by atoms with Crippen LogP contribution >= 0.6 is 15.9 Å². The second-order valence-electron chi connectivity index (χ2n) is 7.32. The van der Waals surface area contributed by atoms with E-state index in [0.29, 0.717) is 31.1 Å². The van der Waals surface area contributed by atoms with Crippen molar-refractivity contribution < 1.29 is 22.7 Å². The summed E-state index contributed by atoms with van der Waals surface area (Å²) in [4.78, 5) is 13.1. The lowest BCUT2D eigenvalue weighted by atomic mass is 10.0. The third-order valence-corrected chi connectivity index (χ3v) is 7.70. The number of halogens is 1. The lowest BCUT2D eigenvalue weighted by Crippen LogP contribution is -2.53. The number of rotatable bonds is 5. The molecule has 1 N–H and O–H groups in total. The minimum Gasteiger partial charge on any atom is -0.486 e. The zero-order valence-corrected chi connectivity index (χ0v) is 18.7. The van der Waals surface area contributed by atoms with Gasteiger partial charge in [0.05, 0.1) is 11.4 Å². The number of piperidine rings is 1. The van der Waals surface area contributed by atoms with E-state index in [1.807, 2.05) is 24.3 Å². The van der Waals surface area contributed by atoms with Crippen molar-refractivity contribution in [1.82, 2.24) is 9.62 Å². The Morgan fingerprint density at radius 2 is 1.83 bits per heavy atom. The van der Waals surface area contributed by atoms with E-state index in [-0.39, 0.29) is 23.5 Å². The van der Waals surface area contributed by atoms with Crippen LogP contribution in [0.3, 0.4) is 0 Å². The van der Waals surface area contributed by atoms with E-state index in [9.17, 15) is 13.2 Å². The molecule has 2 atom stereocenters. The lowest BCUT2D eigenvalue weighted by Gasteiger charge is -2.34. The molecule has 7 nitrogen and oxygen atoms in total. The summed E-state index contributed by atoms with van der Waals surface area (Å²) in [6.45, 7) is 0.894. The molecule has 2 unspecified atom stereocenters. The Morgan fingerprint density at radius 3 is 2.60 bits per heavy atom. The third-order valence-electron chi connectivity index (χ3n) is 5.25. The highest BCUT2D eigenvalue weighted by atomic mass is 79.9. The molecule has 0 spiro atoms. The van der Waals surface area contributed by atoms with E-state index in [0.717, 1.165) is 17.3 Å². The van der Waals surface area contributed by atoms with Crippen molar-refractivity contribution in [3.63, 3.8) is 0 Å². The van der Waals surface area contributed by atoms with Gasteiger partial charge in [0.15, 0.2) is 11.5 Å². The summed E-state index contributed by atoms with van der Waals surface area (Å²) < 4.78 is 39.9. The van der Waals surface area contributed by atoms with Crippen LogP contribution in [0.2, 0.25) is 0 Å². The number of sulfonamides is 1. The molecule has 0 aromatic heterocycles. The van der Waals surface area contributed by atoms with Crippen LogP contribution in [0.4, 0.5) is 0 Å². The van der Waals surface area contributed by atoms with Crippen molar-refractivity contribution in [2.75, 3.05) is 19.7 Å². The Balaban J connectivity index is 1.42. The molecular formula is C21H23BrN2O5S. The molecule has 1 fully saturated rings. The summed E-state index contributed by atoms with van der Waals surface area (Å²) in [6.07, 6.45) is 1.70. The number of fused-ring (bicyclic) bond motifs is 1. The predicted molar refractivity (Wildman–Crippen MR) is 115 cm³/mol. The predicted octanol–water partition coefficient (Wildman–Crippen LogP) is 2.95. The van der Waals surface area contributed by atoms with Gasteiger partial charge in [-0.2, -0.15) is 4.31 Å². The van der Waals surface area contributed by atoms with Crippen LogP contribution in [-0.4, -0.2) is 50.5 Å². The summed E-state index contributed by atoms with van der Waals surface area (Å²) in [7, 11) is -3.76. The molecule has 4 rings (SSSR count). The Hall–Kier alpha value is -2.10. The fourth-order valence-electron chi connectivity index (χ4n) is 3.69. The number of ether oxygens (including phenoxy) is 2. The van der Waals surface area contributed by atoms with E-state index < -0.39 is 16.1 Å². The fourth-order valence-corrected chi connectivity index (χ4v) is 5.61. The molecule has 2 aliphatic rings. The monoisotopic (exact) mass is 494 g/mol. The Morgan fingerprint density at radius 1 is 1.10 bits per heavy atom. The summed E-state index contributed by atoms with van der Waals surface area (Å²) in [5.74, 6) is 1.01. The third kappa shape index (κ3) is 4.48. The number of benzene rings is 2. The van der Waals surface area contributed by atoms with Gasteiger partial charge in [-0.15, -0.1) is 0 Å². The van der Waals surface area contributed by atoms with Gasteiger partial charge < -0.3 is 14.8 Å². The minimum atomic E-state index is -3.76. The van der Waals surface area contributed by atoms with Crippen molar-refractivity contribution in [3.8, 4) is 11.5 Å². The summed E-state index contributed by atoms with van der Waals surface area (Å²) in [6, 6.07) is 13.1. The van der Waals surface area contributed by atoms with Gasteiger partial charge in [-0.1, -0.05) is 34.5 Å². The average Bonchev–Trinajstić information content (AvgIpc) is 2.77. The first-order valence-corrected chi connectivity index (χ1v) is 12.1. The van der Waals surface area contributed by atoms with Gasteiger partial charge in [0, 0.05) is 11.0 Å². The van der Waals surface area contributed by atoms with Crippen LogP contribution in [0, 0.1) is 0 Å². The quantitative estimate of drug-likeness (QED) is 0.690. The van der Waals surface area contributed by atoms with Gasteiger partial charge in [-0.05, 0) is 49.2 Å². The van der Waals surface area contributed by atoms with Crippen LogP contribution < -0.4 is 14.8 Å². The second-order valence-corrected chi connectivity index (χ2v) is 10.1. The van der Waals surface area contributed by atoms with E-state index >= 15 is 0 Å². The van der Waals surface area contributed by atoms with Gasteiger partial charge in [0.25, 0.3) is 0 Å². The molecule has 0 radical (unpaired) electrons. The molecule has 9 heteroatoms. The van der Waals surface area contributed by atoms with Crippen LogP contribution in [0.1, 0.15) is 19.3 Å².